The van der Waals surface area contributed by atoms with Crippen molar-refractivity contribution in [3.8, 4) is 0 Å². The first kappa shape index (κ1) is 13.2. The number of hydrogen-bond donors (Lipinski definition) is 2. The van der Waals surface area contributed by atoms with E-state index in [4.69, 9.17) is 0 Å². The predicted molar refractivity (Wildman–Crippen MR) is 66.3 cm³/mol. The molecule has 0 radical (unpaired) electrons. The Kier molecular flexibility index (Phi) is 5.20. The number of nitrogens with one attached hydrogen (secondary N) is 2. The van der Waals surface area contributed by atoms with E-state index < -0.39 is 11.8 Å². The van der Waals surface area contributed by atoms with Gasteiger partial charge in [0.05, 0.1) is 0 Å². The van der Waals surface area contributed by atoms with E-state index in [0.717, 1.165) is 17.5 Å². The Morgan fingerprint density at radius 2 is 1.76 bits per heavy atom. The van der Waals surface area contributed by atoms with Crippen molar-refractivity contribution < 1.29 is 9.59 Å². The fourth-order valence-electron chi connectivity index (χ4n) is 1.38. The highest BCUT2D eigenvalue weighted by Gasteiger charge is 2.11. The van der Waals surface area contributed by atoms with Gasteiger partial charge in [0.1, 0.15) is 0 Å². The van der Waals surface area contributed by atoms with Gasteiger partial charge in [-0.05, 0) is 24.5 Å². The van der Waals surface area contributed by atoms with Crippen molar-refractivity contribution >= 4 is 11.8 Å². The molecule has 4 heteroatoms. The lowest BCUT2D eigenvalue weighted by molar-refractivity contribution is -0.139. The van der Waals surface area contributed by atoms with Crippen LogP contribution in [0.25, 0.3) is 0 Å². The van der Waals surface area contributed by atoms with Crippen LogP contribution >= 0.6 is 0 Å². The molecule has 0 aliphatic carbocycles. The second-order valence-corrected chi connectivity index (χ2v) is 3.87. The molecule has 92 valence electrons. The van der Waals surface area contributed by atoms with E-state index in [1.807, 2.05) is 38.1 Å². The van der Waals surface area contributed by atoms with Gasteiger partial charge in [-0.2, -0.15) is 0 Å². The fourth-order valence-corrected chi connectivity index (χ4v) is 1.38. The molecular weight excluding hydrogens is 216 g/mol. The van der Waals surface area contributed by atoms with Crippen molar-refractivity contribution in [2.75, 3.05) is 6.54 Å². The number of rotatable bonds is 4. The lowest BCUT2D eigenvalue weighted by atomic mass is 10.1. The van der Waals surface area contributed by atoms with Crippen LogP contribution in [0.2, 0.25) is 0 Å². The first-order valence-electron chi connectivity index (χ1n) is 5.75. The summed E-state index contributed by atoms with van der Waals surface area (Å²) in [6.07, 6.45) is 0.816. The molecule has 0 fully saturated rings. The van der Waals surface area contributed by atoms with E-state index in [-0.39, 0.29) is 0 Å². The predicted octanol–water partition coefficient (Wildman–Crippen LogP) is 1.14. The van der Waals surface area contributed by atoms with Gasteiger partial charge in [-0.15, -0.1) is 0 Å². The van der Waals surface area contributed by atoms with Crippen molar-refractivity contribution in [2.45, 2.75) is 26.8 Å². The summed E-state index contributed by atoms with van der Waals surface area (Å²) >= 11 is 0. The zero-order chi connectivity index (χ0) is 12.7. The molecule has 0 aromatic heterocycles. The summed E-state index contributed by atoms with van der Waals surface area (Å²) in [6, 6.07) is 7.75. The maximum atomic E-state index is 11.4. The van der Waals surface area contributed by atoms with Crippen LogP contribution in [0, 0.1) is 6.92 Å². The zero-order valence-corrected chi connectivity index (χ0v) is 10.2. The first-order chi connectivity index (χ1) is 8.15. The van der Waals surface area contributed by atoms with Gasteiger partial charge in [-0.25, -0.2) is 0 Å². The highest BCUT2D eigenvalue weighted by Crippen LogP contribution is 2.05. The van der Waals surface area contributed by atoms with Gasteiger partial charge >= 0.3 is 11.8 Å². The van der Waals surface area contributed by atoms with Gasteiger partial charge < -0.3 is 10.6 Å². The minimum atomic E-state index is -0.582. The normalized spacial score (nSPS) is 9.76. The molecule has 0 saturated carbocycles. The Bertz CT molecular complexity index is 402. The summed E-state index contributed by atoms with van der Waals surface area (Å²) in [5, 5.41) is 5.13. The zero-order valence-electron chi connectivity index (χ0n) is 10.2. The van der Waals surface area contributed by atoms with E-state index >= 15 is 0 Å². The summed E-state index contributed by atoms with van der Waals surface area (Å²) in [5.74, 6) is -1.15. The molecule has 0 unspecified atom stereocenters. The van der Waals surface area contributed by atoms with E-state index in [2.05, 4.69) is 10.6 Å². The Morgan fingerprint density at radius 3 is 2.41 bits per heavy atom. The molecule has 0 heterocycles. The maximum Gasteiger partial charge on any atom is 0.309 e. The van der Waals surface area contributed by atoms with Crippen molar-refractivity contribution in [1.82, 2.24) is 10.6 Å². The van der Waals surface area contributed by atoms with Crippen molar-refractivity contribution in [3.63, 3.8) is 0 Å². The van der Waals surface area contributed by atoms with Crippen LogP contribution < -0.4 is 10.6 Å². The monoisotopic (exact) mass is 234 g/mol. The fraction of sp³-hybridized carbons (Fsp3) is 0.385. The van der Waals surface area contributed by atoms with E-state index in [1.54, 1.807) is 0 Å². The number of carbonyl (C=O) groups is 2. The molecule has 1 aromatic rings. The van der Waals surface area contributed by atoms with Gasteiger partial charge in [0.15, 0.2) is 0 Å². The third kappa shape index (κ3) is 4.26. The minimum Gasteiger partial charge on any atom is -0.348 e. The average molecular weight is 234 g/mol. The molecule has 0 saturated heterocycles. The standard InChI is InChI=1S/C13H18N2O2/c1-3-8-14-12(16)13(17)15-9-11-7-5-4-6-10(11)2/h4-7H,3,8-9H2,1-2H3,(H,14,16)(H,15,17). The quantitative estimate of drug-likeness (QED) is 0.767. The van der Waals surface area contributed by atoms with Crippen LogP contribution in [0.5, 0.6) is 0 Å². The molecule has 2 N–H and O–H groups in total. The van der Waals surface area contributed by atoms with Crippen molar-refractivity contribution in [2.24, 2.45) is 0 Å². The molecule has 4 nitrogen and oxygen atoms in total. The van der Waals surface area contributed by atoms with E-state index in [1.165, 1.54) is 0 Å². The number of hydrogen-bond acceptors (Lipinski definition) is 2. The van der Waals surface area contributed by atoms with Gasteiger partial charge in [0.25, 0.3) is 0 Å². The van der Waals surface area contributed by atoms with Crippen LogP contribution in [0.4, 0.5) is 0 Å². The third-order valence-electron chi connectivity index (χ3n) is 2.44. The molecule has 2 amide bonds. The van der Waals surface area contributed by atoms with Gasteiger partial charge in [0, 0.05) is 13.1 Å². The topological polar surface area (TPSA) is 58.2 Å². The molecule has 0 aliphatic rings. The van der Waals surface area contributed by atoms with Crippen molar-refractivity contribution in [1.29, 1.82) is 0 Å². The Balaban J connectivity index is 2.43. The third-order valence-corrected chi connectivity index (χ3v) is 2.44. The van der Waals surface area contributed by atoms with Crippen molar-refractivity contribution in [3.05, 3.63) is 35.4 Å². The molecule has 0 spiro atoms. The summed E-state index contributed by atoms with van der Waals surface area (Å²) in [4.78, 5) is 22.7. The molecule has 0 atom stereocenters. The van der Waals surface area contributed by atoms with Crippen LogP contribution in [0.3, 0.4) is 0 Å². The number of benzene rings is 1. The smallest absolute Gasteiger partial charge is 0.309 e. The highest BCUT2D eigenvalue weighted by atomic mass is 16.2. The summed E-state index contributed by atoms with van der Waals surface area (Å²) in [7, 11) is 0. The Labute approximate surface area is 101 Å². The minimum absolute atomic E-state index is 0.380. The van der Waals surface area contributed by atoms with Crippen LogP contribution in [0.15, 0.2) is 24.3 Å². The molecule has 0 aliphatic heterocycles. The lowest BCUT2D eigenvalue weighted by Gasteiger charge is -2.07. The molecule has 0 bridgehead atoms. The average Bonchev–Trinajstić information content (AvgIpc) is 2.34. The lowest BCUT2D eigenvalue weighted by Crippen LogP contribution is -2.39. The maximum absolute atomic E-state index is 11.4. The van der Waals surface area contributed by atoms with Crippen LogP contribution in [-0.2, 0) is 16.1 Å². The molecule has 1 aromatic carbocycles. The Morgan fingerprint density at radius 1 is 1.12 bits per heavy atom. The Hall–Kier alpha value is -1.84. The summed E-state index contributed by atoms with van der Waals surface area (Å²) in [6.45, 7) is 4.81. The van der Waals surface area contributed by atoms with E-state index in [0.29, 0.717) is 13.1 Å². The molecule has 1 rings (SSSR count). The SMILES string of the molecule is CCCNC(=O)C(=O)NCc1ccccc1C. The highest BCUT2D eigenvalue weighted by molar-refractivity contribution is 6.35. The number of amides is 2. The molecular formula is C13H18N2O2. The summed E-state index contributed by atoms with van der Waals surface area (Å²) < 4.78 is 0. The van der Waals surface area contributed by atoms with Crippen LogP contribution in [-0.4, -0.2) is 18.4 Å². The van der Waals surface area contributed by atoms with Gasteiger partial charge in [-0.1, -0.05) is 31.2 Å². The van der Waals surface area contributed by atoms with Gasteiger partial charge in [0.2, 0.25) is 0 Å². The first-order valence-corrected chi connectivity index (χ1v) is 5.75. The largest absolute Gasteiger partial charge is 0.348 e. The number of aryl methyl sites for hydroxylation is 1. The second-order valence-electron chi connectivity index (χ2n) is 3.87. The van der Waals surface area contributed by atoms with E-state index in [9.17, 15) is 9.59 Å². The molecule has 17 heavy (non-hydrogen) atoms. The second kappa shape index (κ2) is 6.68. The van der Waals surface area contributed by atoms with Gasteiger partial charge in [-0.3, -0.25) is 9.59 Å². The number of carbonyl (C=O) groups excluding carboxylic acids is 2. The summed E-state index contributed by atoms with van der Waals surface area (Å²) in [5.41, 5.74) is 2.12. The van der Waals surface area contributed by atoms with Crippen LogP contribution in [0.1, 0.15) is 24.5 Å².